The molecule has 4 fully saturated rings. The summed E-state index contributed by atoms with van der Waals surface area (Å²) >= 11 is 0. The number of aryl methyl sites for hydroxylation is 1. The minimum Gasteiger partial charge on any atom is -0.399 e. The zero-order valence-corrected chi connectivity index (χ0v) is 27.5. The Hall–Kier alpha value is -3.48. The number of fused-ring (bicyclic) bond motifs is 1. The molecule has 4 saturated heterocycles. The first kappa shape index (κ1) is 31.1. The number of anilines is 2. The van der Waals surface area contributed by atoms with E-state index < -0.39 is 24.2 Å². The minimum atomic E-state index is -0.574. The first-order chi connectivity index (χ1) is 21.9. The Bertz CT molecular complexity index is 1640. The molecule has 2 amide bonds. The Morgan fingerprint density at radius 2 is 1.57 bits per heavy atom. The predicted octanol–water partition coefficient (Wildman–Crippen LogP) is 3.32. The Balaban J connectivity index is 0.967. The minimum absolute atomic E-state index is 0.217. The van der Waals surface area contributed by atoms with Gasteiger partial charge >= 0.3 is 7.12 Å². The summed E-state index contributed by atoms with van der Waals surface area (Å²) in [5.41, 5.74) is 3.32. The second-order valence-electron chi connectivity index (χ2n) is 14.2. The van der Waals surface area contributed by atoms with Gasteiger partial charge in [0.25, 0.3) is 0 Å². The number of hydrogen-bond donors (Lipinski definition) is 1. The van der Waals surface area contributed by atoms with Crippen molar-refractivity contribution in [3.63, 3.8) is 0 Å². The van der Waals surface area contributed by atoms with Gasteiger partial charge in [-0.25, -0.2) is 4.39 Å². The summed E-state index contributed by atoms with van der Waals surface area (Å²) in [5.74, 6) is -1.13. The average Bonchev–Trinajstić information content (AvgIpc) is 3.48. The van der Waals surface area contributed by atoms with E-state index in [-0.39, 0.29) is 17.6 Å². The SMILES string of the molecule is Cn1nc(C2CCC(=O)NC2=O)c2cccc(N3CCN(C4CCN(c5ccc(B6OC(C)(C)C(C)(C)O6)cc5F)CC4)CC3)c21. The van der Waals surface area contributed by atoms with Crippen LogP contribution in [0.5, 0.6) is 0 Å². The molecule has 4 aliphatic rings. The maximum absolute atomic E-state index is 15.4. The second kappa shape index (κ2) is 11.6. The third kappa shape index (κ3) is 5.48. The van der Waals surface area contributed by atoms with Crippen molar-refractivity contribution in [3.8, 4) is 0 Å². The summed E-state index contributed by atoms with van der Waals surface area (Å²) in [4.78, 5) is 31.5. The van der Waals surface area contributed by atoms with Gasteiger partial charge in [0.1, 0.15) is 5.82 Å². The molecule has 12 heteroatoms. The van der Waals surface area contributed by atoms with Gasteiger partial charge < -0.3 is 19.1 Å². The largest absolute Gasteiger partial charge is 0.494 e. The van der Waals surface area contributed by atoms with E-state index in [0.717, 1.165) is 74.4 Å². The lowest BCUT2D eigenvalue weighted by molar-refractivity contribution is -0.134. The zero-order valence-electron chi connectivity index (χ0n) is 27.5. The number of nitrogens with one attached hydrogen (secondary N) is 1. The van der Waals surface area contributed by atoms with E-state index in [4.69, 9.17) is 14.4 Å². The summed E-state index contributed by atoms with van der Waals surface area (Å²) in [6.45, 7) is 13.3. The van der Waals surface area contributed by atoms with E-state index in [1.54, 1.807) is 6.07 Å². The van der Waals surface area contributed by atoms with Crippen LogP contribution >= 0.6 is 0 Å². The molecule has 0 bridgehead atoms. The highest BCUT2D eigenvalue weighted by Gasteiger charge is 2.51. The van der Waals surface area contributed by atoms with E-state index in [2.05, 4.69) is 26.1 Å². The molecule has 1 atom stereocenters. The highest BCUT2D eigenvalue weighted by molar-refractivity contribution is 6.62. The number of aromatic nitrogens is 2. The lowest BCUT2D eigenvalue weighted by atomic mass is 9.79. The summed E-state index contributed by atoms with van der Waals surface area (Å²) in [6.07, 6.45) is 2.80. The number of halogens is 1. The number of carbonyl (C=O) groups is 2. The van der Waals surface area contributed by atoms with Crippen molar-refractivity contribution in [1.29, 1.82) is 0 Å². The van der Waals surface area contributed by atoms with Crippen molar-refractivity contribution in [2.75, 3.05) is 49.1 Å². The van der Waals surface area contributed by atoms with Crippen LogP contribution in [0.2, 0.25) is 0 Å². The van der Waals surface area contributed by atoms with Crippen LogP contribution in [0.25, 0.3) is 10.9 Å². The third-order valence-corrected chi connectivity index (χ3v) is 10.9. The van der Waals surface area contributed by atoms with Crippen molar-refractivity contribution in [2.45, 2.75) is 76.5 Å². The maximum atomic E-state index is 15.4. The molecular weight excluding hydrogens is 586 g/mol. The van der Waals surface area contributed by atoms with Crippen molar-refractivity contribution < 1.29 is 23.3 Å². The topological polar surface area (TPSA) is 92.2 Å². The number of piperidine rings is 2. The van der Waals surface area contributed by atoms with E-state index in [1.807, 2.05) is 63.7 Å². The number of hydrogen-bond acceptors (Lipinski definition) is 8. The van der Waals surface area contributed by atoms with E-state index in [9.17, 15) is 9.59 Å². The van der Waals surface area contributed by atoms with Crippen molar-refractivity contribution in [2.24, 2.45) is 7.05 Å². The number of amides is 2. The third-order valence-electron chi connectivity index (χ3n) is 10.9. The Morgan fingerprint density at radius 3 is 2.22 bits per heavy atom. The smallest absolute Gasteiger partial charge is 0.399 e. The van der Waals surface area contributed by atoms with Gasteiger partial charge in [-0.05, 0) is 70.6 Å². The molecule has 46 heavy (non-hydrogen) atoms. The number of rotatable bonds is 5. The average molecular weight is 631 g/mol. The molecule has 7 rings (SSSR count). The van der Waals surface area contributed by atoms with E-state index in [0.29, 0.717) is 30.0 Å². The Kier molecular flexibility index (Phi) is 7.88. The second-order valence-corrected chi connectivity index (χ2v) is 14.2. The molecule has 0 aliphatic carbocycles. The van der Waals surface area contributed by atoms with Gasteiger partial charge in [-0.15, -0.1) is 0 Å². The molecule has 1 aromatic heterocycles. The van der Waals surface area contributed by atoms with Crippen LogP contribution in [-0.2, 0) is 25.9 Å². The molecule has 1 N–H and O–H groups in total. The summed E-state index contributed by atoms with van der Waals surface area (Å²) in [6, 6.07) is 12.1. The number of nitrogens with zero attached hydrogens (tertiary/aromatic N) is 5. The molecule has 2 aromatic carbocycles. The molecule has 0 saturated carbocycles. The fourth-order valence-electron chi connectivity index (χ4n) is 7.52. The summed E-state index contributed by atoms with van der Waals surface area (Å²) in [7, 11) is 1.36. The molecule has 1 unspecified atom stereocenters. The Labute approximate surface area is 270 Å². The van der Waals surface area contributed by atoms with Crippen LogP contribution in [0.3, 0.4) is 0 Å². The standard InChI is InChI=1S/C34H44BFN6O4/c1-33(2)34(3,4)46-35(45-33)22-9-11-27(26(36)21-22)41-15-13-23(14-16-41)40-17-19-42(20-18-40)28-8-6-7-24-30(38-39(5)31(24)28)25-10-12-29(43)37-32(25)44/h6-9,11,21,23,25H,10,12-20H2,1-5H3,(H,37,43,44). The normalized spacial score (nSPS) is 24.2. The van der Waals surface area contributed by atoms with E-state index >= 15 is 4.39 Å². The number of para-hydroxylation sites is 1. The van der Waals surface area contributed by atoms with Crippen LogP contribution in [0.15, 0.2) is 36.4 Å². The van der Waals surface area contributed by atoms with Crippen molar-refractivity contribution in [1.82, 2.24) is 20.0 Å². The maximum Gasteiger partial charge on any atom is 0.494 e. The molecule has 244 valence electrons. The fourth-order valence-corrected chi connectivity index (χ4v) is 7.52. The fraction of sp³-hybridized carbons (Fsp3) is 0.559. The molecule has 3 aromatic rings. The van der Waals surface area contributed by atoms with Crippen LogP contribution in [-0.4, -0.2) is 90.1 Å². The zero-order chi connectivity index (χ0) is 32.4. The van der Waals surface area contributed by atoms with Gasteiger partial charge in [-0.3, -0.25) is 24.5 Å². The van der Waals surface area contributed by atoms with Gasteiger partial charge in [0.05, 0.1) is 39.7 Å². The van der Waals surface area contributed by atoms with Crippen molar-refractivity contribution >= 4 is 46.7 Å². The Morgan fingerprint density at radius 1 is 0.891 bits per heavy atom. The molecule has 0 spiro atoms. The van der Waals surface area contributed by atoms with Crippen LogP contribution < -0.4 is 20.6 Å². The van der Waals surface area contributed by atoms with Crippen molar-refractivity contribution in [3.05, 3.63) is 47.9 Å². The summed E-state index contributed by atoms with van der Waals surface area (Å²) in [5, 5.41) is 8.22. The van der Waals surface area contributed by atoms with E-state index in [1.165, 1.54) is 0 Å². The molecule has 4 aliphatic heterocycles. The van der Waals surface area contributed by atoms with Gasteiger partial charge in [0, 0.05) is 64.2 Å². The first-order valence-electron chi connectivity index (χ1n) is 16.6. The molecule has 0 radical (unpaired) electrons. The molecule has 10 nitrogen and oxygen atoms in total. The van der Waals surface area contributed by atoms with Crippen LogP contribution in [0.4, 0.5) is 15.8 Å². The van der Waals surface area contributed by atoms with Gasteiger partial charge in [0.2, 0.25) is 11.8 Å². The van der Waals surface area contributed by atoms with Gasteiger partial charge in [0.15, 0.2) is 0 Å². The molecular formula is C34H44BFN6O4. The quantitative estimate of drug-likeness (QED) is 0.340. The van der Waals surface area contributed by atoms with Gasteiger partial charge in [-0.2, -0.15) is 5.10 Å². The van der Waals surface area contributed by atoms with Gasteiger partial charge in [-0.1, -0.05) is 18.2 Å². The highest BCUT2D eigenvalue weighted by atomic mass is 19.1. The number of imide groups is 1. The lowest BCUT2D eigenvalue weighted by Gasteiger charge is -2.44. The monoisotopic (exact) mass is 630 g/mol. The number of piperazine rings is 1. The lowest BCUT2D eigenvalue weighted by Crippen LogP contribution is -2.53. The predicted molar refractivity (Wildman–Crippen MR) is 177 cm³/mol. The highest BCUT2D eigenvalue weighted by Crippen LogP contribution is 2.38. The van der Waals surface area contributed by atoms with Crippen LogP contribution in [0.1, 0.15) is 65.0 Å². The number of benzene rings is 2. The number of carbonyl (C=O) groups excluding carboxylic acids is 2. The van der Waals surface area contributed by atoms with Crippen LogP contribution in [0, 0.1) is 5.82 Å². The summed E-state index contributed by atoms with van der Waals surface area (Å²) < 4.78 is 29.5. The molecule has 5 heterocycles. The first-order valence-corrected chi connectivity index (χ1v) is 16.6.